The van der Waals surface area contributed by atoms with Gasteiger partial charge in [0.1, 0.15) is 0 Å². The summed E-state index contributed by atoms with van der Waals surface area (Å²) in [6.45, 7) is 6.80. The summed E-state index contributed by atoms with van der Waals surface area (Å²) in [6.07, 6.45) is 2.04. The second-order valence-electron chi connectivity index (χ2n) is 6.06. The molecule has 0 amide bonds. The summed E-state index contributed by atoms with van der Waals surface area (Å²) >= 11 is 0. The molecule has 2 rings (SSSR count). The molecule has 1 saturated heterocycles. The zero-order chi connectivity index (χ0) is 15.6. The molecule has 0 saturated carbocycles. The summed E-state index contributed by atoms with van der Waals surface area (Å²) < 4.78 is 27.5. The molecule has 118 valence electrons. The van der Waals surface area contributed by atoms with Crippen molar-refractivity contribution in [2.75, 3.05) is 13.6 Å². The van der Waals surface area contributed by atoms with Crippen LogP contribution in [-0.2, 0) is 10.0 Å². The van der Waals surface area contributed by atoms with Crippen LogP contribution in [0.15, 0.2) is 29.2 Å². The first-order valence-electron chi connectivity index (χ1n) is 7.67. The first kappa shape index (κ1) is 16.5. The maximum Gasteiger partial charge on any atom is 0.243 e. The van der Waals surface area contributed by atoms with Crippen LogP contribution < -0.4 is 5.32 Å². The maximum absolute atomic E-state index is 12.9. The van der Waals surface area contributed by atoms with Crippen molar-refractivity contribution >= 4 is 10.0 Å². The number of benzene rings is 1. The molecule has 1 aliphatic heterocycles. The van der Waals surface area contributed by atoms with Crippen LogP contribution in [0.25, 0.3) is 0 Å². The van der Waals surface area contributed by atoms with Gasteiger partial charge in [-0.15, -0.1) is 0 Å². The Morgan fingerprint density at radius 2 is 2.05 bits per heavy atom. The molecule has 3 unspecified atom stereocenters. The van der Waals surface area contributed by atoms with E-state index < -0.39 is 10.0 Å². The average Bonchev–Trinajstić information content (AvgIpc) is 2.49. The quantitative estimate of drug-likeness (QED) is 0.930. The van der Waals surface area contributed by atoms with Crippen molar-refractivity contribution in [1.82, 2.24) is 9.62 Å². The number of hydrogen-bond acceptors (Lipinski definition) is 3. The SMILES string of the molecule is CNC(C)c1cccc(S(=O)(=O)N2CCCC(C)C2C)c1. The summed E-state index contributed by atoms with van der Waals surface area (Å²) in [5, 5.41) is 3.15. The van der Waals surface area contributed by atoms with Crippen LogP contribution >= 0.6 is 0 Å². The molecule has 1 heterocycles. The molecular weight excluding hydrogens is 284 g/mol. The fourth-order valence-electron chi connectivity index (χ4n) is 2.88. The number of sulfonamides is 1. The lowest BCUT2D eigenvalue weighted by atomic mass is 9.94. The lowest BCUT2D eigenvalue weighted by Crippen LogP contribution is -2.45. The zero-order valence-electron chi connectivity index (χ0n) is 13.3. The van der Waals surface area contributed by atoms with Crippen molar-refractivity contribution in [2.24, 2.45) is 5.92 Å². The summed E-state index contributed by atoms with van der Waals surface area (Å²) in [7, 11) is -1.53. The highest BCUT2D eigenvalue weighted by Gasteiger charge is 2.34. The van der Waals surface area contributed by atoms with Crippen LogP contribution in [0.1, 0.15) is 45.2 Å². The number of piperidine rings is 1. The average molecular weight is 310 g/mol. The normalized spacial score (nSPS) is 25.7. The highest BCUT2D eigenvalue weighted by Crippen LogP contribution is 2.29. The molecule has 0 aromatic heterocycles. The molecular formula is C16H26N2O2S. The molecule has 1 aliphatic rings. The summed E-state index contributed by atoms with van der Waals surface area (Å²) in [6, 6.07) is 7.48. The third-order valence-corrected chi connectivity index (χ3v) is 6.70. The van der Waals surface area contributed by atoms with Crippen molar-refractivity contribution in [3.8, 4) is 0 Å². The maximum atomic E-state index is 12.9. The Bertz CT molecular complexity index is 586. The molecule has 1 N–H and O–H groups in total. The molecule has 0 spiro atoms. The lowest BCUT2D eigenvalue weighted by Gasteiger charge is -2.36. The minimum Gasteiger partial charge on any atom is -0.313 e. The first-order valence-corrected chi connectivity index (χ1v) is 9.11. The Labute approximate surface area is 128 Å². The highest BCUT2D eigenvalue weighted by atomic mass is 32.2. The van der Waals surface area contributed by atoms with Crippen LogP contribution in [0.3, 0.4) is 0 Å². The van der Waals surface area contributed by atoms with E-state index in [1.165, 1.54) is 0 Å². The van der Waals surface area contributed by atoms with Gasteiger partial charge in [0.05, 0.1) is 4.90 Å². The molecule has 21 heavy (non-hydrogen) atoms. The zero-order valence-corrected chi connectivity index (χ0v) is 14.2. The fraction of sp³-hybridized carbons (Fsp3) is 0.625. The molecule has 0 radical (unpaired) electrons. The number of hydrogen-bond donors (Lipinski definition) is 1. The Kier molecular flexibility index (Phi) is 5.07. The Morgan fingerprint density at radius 3 is 2.71 bits per heavy atom. The number of nitrogens with one attached hydrogen (secondary N) is 1. The van der Waals surface area contributed by atoms with Crippen molar-refractivity contribution < 1.29 is 8.42 Å². The van der Waals surface area contributed by atoms with Crippen molar-refractivity contribution in [3.05, 3.63) is 29.8 Å². The van der Waals surface area contributed by atoms with Gasteiger partial charge in [0, 0.05) is 18.6 Å². The highest BCUT2D eigenvalue weighted by molar-refractivity contribution is 7.89. The van der Waals surface area contributed by atoms with E-state index in [1.54, 1.807) is 16.4 Å². The Morgan fingerprint density at radius 1 is 1.33 bits per heavy atom. The third kappa shape index (κ3) is 3.30. The molecule has 0 aliphatic carbocycles. The van der Waals surface area contributed by atoms with Gasteiger partial charge in [-0.05, 0) is 57.4 Å². The molecule has 4 nitrogen and oxygen atoms in total. The van der Waals surface area contributed by atoms with E-state index in [4.69, 9.17) is 0 Å². The van der Waals surface area contributed by atoms with Gasteiger partial charge >= 0.3 is 0 Å². The van der Waals surface area contributed by atoms with Gasteiger partial charge in [-0.3, -0.25) is 0 Å². The van der Waals surface area contributed by atoms with E-state index in [1.807, 2.05) is 33.0 Å². The minimum atomic E-state index is -3.40. The molecule has 1 aromatic carbocycles. The van der Waals surface area contributed by atoms with Gasteiger partial charge in [0.2, 0.25) is 10.0 Å². The summed E-state index contributed by atoms with van der Waals surface area (Å²) in [5.41, 5.74) is 0.997. The van der Waals surface area contributed by atoms with E-state index in [0.717, 1.165) is 18.4 Å². The third-order valence-electron chi connectivity index (χ3n) is 4.71. The minimum absolute atomic E-state index is 0.0640. The van der Waals surface area contributed by atoms with Gasteiger partial charge in [0.15, 0.2) is 0 Å². The second-order valence-corrected chi connectivity index (χ2v) is 7.95. The standard InChI is InChI=1S/C16H26N2O2S/c1-12-7-6-10-18(14(12)3)21(19,20)16-9-5-8-15(11-16)13(2)17-4/h5,8-9,11-14,17H,6-7,10H2,1-4H3. The van der Waals surface area contributed by atoms with Gasteiger partial charge in [-0.1, -0.05) is 19.1 Å². The van der Waals surface area contributed by atoms with Gasteiger partial charge < -0.3 is 5.32 Å². The molecule has 5 heteroatoms. The molecule has 1 fully saturated rings. The van der Waals surface area contributed by atoms with E-state index >= 15 is 0 Å². The summed E-state index contributed by atoms with van der Waals surface area (Å²) in [5.74, 6) is 0.410. The van der Waals surface area contributed by atoms with E-state index in [9.17, 15) is 8.42 Å². The van der Waals surface area contributed by atoms with Crippen LogP contribution in [0, 0.1) is 5.92 Å². The van der Waals surface area contributed by atoms with Crippen molar-refractivity contribution in [1.29, 1.82) is 0 Å². The molecule has 3 atom stereocenters. The van der Waals surface area contributed by atoms with Gasteiger partial charge in [-0.25, -0.2) is 8.42 Å². The summed E-state index contributed by atoms with van der Waals surface area (Å²) in [4.78, 5) is 0.406. The Balaban J connectivity index is 2.35. The van der Waals surface area contributed by atoms with E-state index in [2.05, 4.69) is 12.2 Å². The van der Waals surface area contributed by atoms with Crippen LogP contribution in [0.2, 0.25) is 0 Å². The molecule has 0 bridgehead atoms. The molecule has 1 aromatic rings. The van der Waals surface area contributed by atoms with Crippen LogP contribution in [-0.4, -0.2) is 32.4 Å². The van der Waals surface area contributed by atoms with Gasteiger partial charge in [0.25, 0.3) is 0 Å². The van der Waals surface area contributed by atoms with Crippen LogP contribution in [0.5, 0.6) is 0 Å². The van der Waals surface area contributed by atoms with Crippen molar-refractivity contribution in [3.63, 3.8) is 0 Å². The predicted octanol–water partition coefficient (Wildman–Crippen LogP) is 2.78. The van der Waals surface area contributed by atoms with E-state index in [-0.39, 0.29) is 12.1 Å². The second kappa shape index (κ2) is 6.46. The topological polar surface area (TPSA) is 49.4 Å². The number of nitrogens with zero attached hydrogens (tertiary/aromatic N) is 1. The van der Waals surface area contributed by atoms with Crippen LogP contribution in [0.4, 0.5) is 0 Å². The monoisotopic (exact) mass is 310 g/mol. The number of rotatable bonds is 4. The van der Waals surface area contributed by atoms with Crippen molar-refractivity contribution in [2.45, 2.75) is 50.6 Å². The lowest BCUT2D eigenvalue weighted by molar-refractivity contribution is 0.202. The van der Waals surface area contributed by atoms with E-state index in [0.29, 0.717) is 17.4 Å². The largest absolute Gasteiger partial charge is 0.313 e. The van der Waals surface area contributed by atoms with Gasteiger partial charge in [-0.2, -0.15) is 4.31 Å². The predicted molar refractivity (Wildman–Crippen MR) is 85.7 cm³/mol. The first-order chi connectivity index (χ1) is 9.87. The Hall–Kier alpha value is -0.910. The smallest absolute Gasteiger partial charge is 0.243 e. The fourth-order valence-corrected chi connectivity index (χ4v) is 4.70.